The topological polar surface area (TPSA) is 100 Å². The Hall–Kier alpha value is -3.53. The molecule has 3 aromatic rings. The molecule has 0 radical (unpaired) electrons. The summed E-state index contributed by atoms with van der Waals surface area (Å²) in [6, 6.07) is 24.5. The highest BCUT2D eigenvalue weighted by molar-refractivity contribution is 5.84. The summed E-state index contributed by atoms with van der Waals surface area (Å²) < 4.78 is 17.8. The normalized spacial score (nSPS) is 20.5. The van der Waals surface area contributed by atoms with Crippen LogP contribution in [0.4, 0.5) is 10.5 Å². The number of aliphatic hydroxyl groups excluding tert-OH is 2. The minimum atomic E-state index is -0.637. The number of carbonyl (C=O) groups is 1. The van der Waals surface area contributed by atoms with Gasteiger partial charge in [-0.2, -0.15) is 0 Å². The Kier molecular flexibility index (Phi) is 10.5. The average molecular weight is 547 g/mol. The number of aliphatic hydroxyl groups is 2. The molecular formula is C32H38N2O6. The second-order valence-corrected chi connectivity index (χ2v) is 10.0. The van der Waals surface area contributed by atoms with Crippen molar-refractivity contribution in [1.82, 2.24) is 4.90 Å². The molecule has 0 bridgehead atoms. The van der Waals surface area contributed by atoms with E-state index in [-0.39, 0.29) is 31.5 Å². The van der Waals surface area contributed by atoms with Crippen LogP contribution < -0.4 is 5.32 Å². The van der Waals surface area contributed by atoms with E-state index >= 15 is 0 Å². The van der Waals surface area contributed by atoms with Crippen molar-refractivity contribution in [2.24, 2.45) is 0 Å². The maximum Gasteiger partial charge on any atom is 0.411 e. The second-order valence-electron chi connectivity index (χ2n) is 10.0. The van der Waals surface area contributed by atoms with Gasteiger partial charge in [0.25, 0.3) is 0 Å². The number of hydrogen-bond donors (Lipinski definition) is 3. The Balaban J connectivity index is 1.49. The van der Waals surface area contributed by atoms with Gasteiger partial charge in [0, 0.05) is 30.3 Å². The Labute approximate surface area is 235 Å². The van der Waals surface area contributed by atoms with E-state index in [1.807, 2.05) is 80.7 Å². The lowest BCUT2D eigenvalue weighted by Gasteiger charge is -2.39. The van der Waals surface area contributed by atoms with E-state index in [9.17, 15) is 15.0 Å². The molecule has 3 N–H and O–H groups in total. The number of rotatable bonds is 11. The van der Waals surface area contributed by atoms with Gasteiger partial charge in [0.05, 0.1) is 24.9 Å². The molecule has 8 nitrogen and oxygen atoms in total. The lowest BCUT2D eigenvalue weighted by Crippen LogP contribution is -2.43. The fourth-order valence-corrected chi connectivity index (χ4v) is 4.70. The predicted molar refractivity (Wildman–Crippen MR) is 154 cm³/mol. The summed E-state index contributed by atoms with van der Waals surface area (Å²) in [5.41, 5.74) is 4.11. The largest absolute Gasteiger partial charge is 0.445 e. The van der Waals surface area contributed by atoms with E-state index in [2.05, 4.69) is 16.8 Å². The van der Waals surface area contributed by atoms with Gasteiger partial charge in [-0.3, -0.25) is 10.2 Å². The summed E-state index contributed by atoms with van der Waals surface area (Å²) in [6.45, 7) is 6.24. The van der Waals surface area contributed by atoms with Crippen LogP contribution in [0.15, 0.2) is 91.5 Å². The van der Waals surface area contributed by atoms with Gasteiger partial charge >= 0.3 is 6.09 Å². The highest BCUT2D eigenvalue weighted by Gasteiger charge is 2.34. The zero-order chi connectivity index (χ0) is 28.5. The molecule has 40 heavy (non-hydrogen) atoms. The van der Waals surface area contributed by atoms with Gasteiger partial charge in [0.1, 0.15) is 6.61 Å². The highest BCUT2D eigenvalue weighted by Crippen LogP contribution is 2.38. The van der Waals surface area contributed by atoms with Crippen molar-refractivity contribution in [2.45, 2.75) is 50.6 Å². The molecule has 1 fully saturated rings. The van der Waals surface area contributed by atoms with E-state index in [0.29, 0.717) is 18.7 Å². The van der Waals surface area contributed by atoms with Crippen LogP contribution in [-0.2, 0) is 20.8 Å². The van der Waals surface area contributed by atoms with Gasteiger partial charge in [0.2, 0.25) is 0 Å². The van der Waals surface area contributed by atoms with Crippen molar-refractivity contribution in [3.8, 4) is 0 Å². The van der Waals surface area contributed by atoms with Crippen LogP contribution in [0.2, 0.25) is 0 Å². The maximum absolute atomic E-state index is 11.9. The summed E-state index contributed by atoms with van der Waals surface area (Å²) in [7, 11) is 1.99. The molecule has 1 amide bonds. The van der Waals surface area contributed by atoms with Crippen molar-refractivity contribution >= 4 is 11.8 Å². The van der Waals surface area contributed by atoms with E-state index in [1.165, 1.54) is 6.08 Å². The standard InChI is InChI=1S/C32H38N2O6/c1-4-18-38-32(37)33-27-16-14-26(15-17-27)31-39-28(19-29(40-31)24-12-10-23(21-35)11-13-24)20-34(3)22(2)30(36)25-8-6-5-7-9-25/h4-17,22,28-31,35-36H,1,18-21H2,2-3H3,(H,33,37)/t22-,28+,29-,30-,31-/m1/s1. The van der Waals surface area contributed by atoms with Crippen molar-refractivity contribution in [3.63, 3.8) is 0 Å². The first kappa shape index (κ1) is 29.5. The Morgan fingerprint density at radius 3 is 2.40 bits per heavy atom. The molecule has 3 aromatic carbocycles. The zero-order valence-electron chi connectivity index (χ0n) is 23.0. The van der Waals surface area contributed by atoms with Gasteiger partial charge < -0.3 is 24.4 Å². The highest BCUT2D eigenvalue weighted by atomic mass is 16.7. The summed E-state index contributed by atoms with van der Waals surface area (Å²) >= 11 is 0. The van der Waals surface area contributed by atoms with E-state index in [4.69, 9.17) is 14.2 Å². The average Bonchev–Trinajstić information content (AvgIpc) is 3.00. The number of likely N-dealkylation sites (N-methyl/N-ethyl adjacent to an activating group) is 1. The summed E-state index contributed by atoms with van der Waals surface area (Å²) in [6.07, 6.45) is -0.103. The Morgan fingerprint density at radius 2 is 1.75 bits per heavy atom. The van der Waals surface area contributed by atoms with Crippen molar-refractivity contribution in [2.75, 3.05) is 25.5 Å². The quantitative estimate of drug-likeness (QED) is 0.273. The molecular weight excluding hydrogens is 508 g/mol. The number of hydrogen-bond acceptors (Lipinski definition) is 7. The maximum atomic E-state index is 11.9. The minimum absolute atomic E-state index is 0.0197. The van der Waals surface area contributed by atoms with Gasteiger partial charge in [-0.25, -0.2) is 4.79 Å². The van der Waals surface area contributed by atoms with Crippen molar-refractivity contribution in [3.05, 3.63) is 114 Å². The fraction of sp³-hybridized carbons (Fsp3) is 0.344. The molecule has 1 heterocycles. The SMILES string of the molecule is C=CCOC(=O)Nc1ccc([C@@H]2O[C@H](CN(C)[C@H](C)[C@@H](O)c3ccccc3)C[C@H](c3ccc(CO)cc3)O2)cc1. The van der Waals surface area contributed by atoms with Crippen LogP contribution in [0.3, 0.4) is 0 Å². The first-order chi connectivity index (χ1) is 19.4. The number of anilines is 1. The van der Waals surface area contributed by atoms with Crippen LogP contribution >= 0.6 is 0 Å². The van der Waals surface area contributed by atoms with Gasteiger partial charge in [-0.05, 0) is 42.8 Å². The summed E-state index contributed by atoms with van der Waals surface area (Å²) in [5.74, 6) is 0. The molecule has 5 atom stereocenters. The number of carbonyl (C=O) groups excluding carboxylic acids is 1. The third kappa shape index (κ3) is 7.78. The molecule has 212 valence electrons. The van der Waals surface area contributed by atoms with E-state index in [0.717, 1.165) is 22.3 Å². The molecule has 1 aliphatic rings. The minimum Gasteiger partial charge on any atom is -0.445 e. The van der Waals surface area contributed by atoms with E-state index < -0.39 is 18.5 Å². The monoisotopic (exact) mass is 546 g/mol. The Morgan fingerprint density at radius 1 is 1.07 bits per heavy atom. The van der Waals surface area contributed by atoms with Crippen LogP contribution in [-0.4, -0.2) is 53.6 Å². The van der Waals surface area contributed by atoms with E-state index in [1.54, 1.807) is 12.1 Å². The number of ether oxygens (including phenoxy) is 3. The number of nitrogens with one attached hydrogen (secondary N) is 1. The molecule has 0 spiro atoms. The number of amides is 1. The Bertz CT molecular complexity index is 1220. The fourth-order valence-electron chi connectivity index (χ4n) is 4.70. The first-order valence-electron chi connectivity index (χ1n) is 13.5. The van der Waals surface area contributed by atoms with Crippen molar-refractivity contribution in [1.29, 1.82) is 0 Å². The van der Waals surface area contributed by atoms with Gasteiger partial charge in [-0.1, -0.05) is 79.4 Å². The first-order valence-corrected chi connectivity index (χ1v) is 13.5. The van der Waals surface area contributed by atoms with Crippen LogP contribution in [0.5, 0.6) is 0 Å². The lowest BCUT2D eigenvalue weighted by molar-refractivity contribution is -0.253. The van der Waals surface area contributed by atoms with Crippen LogP contribution in [0.1, 0.15) is 54.1 Å². The van der Waals surface area contributed by atoms with Gasteiger partial charge in [-0.15, -0.1) is 0 Å². The lowest BCUT2D eigenvalue weighted by atomic mass is 9.98. The number of nitrogens with zero attached hydrogens (tertiary/aromatic N) is 1. The molecule has 8 heteroatoms. The molecule has 4 rings (SSSR count). The molecule has 0 aliphatic carbocycles. The third-order valence-electron chi connectivity index (χ3n) is 7.16. The molecule has 0 unspecified atom stereocenters. The van der Waals surface area contributed by atoms with Gasteiger partial charge in [0.15, 0.2) is 6.29 Å². The second kappa shape index (κ2) is 14.2. The number of benzene rings is 3. The summed E-state index contributed by atoms with van der Waals surface area (Å²) in [4.78, 5) is 14.0. The van der Waals surface area contributed by atoms with Crippen molar-refractivity contribution < 1.29 is 29.2 Å². The zero-order valence-corrected chi connectivity index (χ0v) is 23.0. The molecule has 1 saturated heterocycles. The smallest absolute Gasteiger partial charge is 0.411 e. The van der Waals surface area contributed by atoms with Crippen LogP contribution in [0, 0.1) is 0 Å². The predicted octanol–water partition coefficient (Wildman–Crippen LogP) is 5.51. The molecule has 0 aromatic heterocycles. The molecule has 1 aliphatic heterocycles. The molecule has 0 saturated carbocycles. The summed E-state index contributed by atoms with van der Waals surface area (Å²) in [5, 5.41) is 23.1. The third-order valence-corrected chi connectivity index (χ3v) is 7.16. The van der Waals surface area contributed by atoms with Crippen LogP contribution in [0.25, 0.3) is 0 Å².